The molecule has 25 heavy (non-hydrogen) atoms. The summed E-state index contributed by atoms with van der Waals surface area (Å²) in [5.74, 6) is 0.743. The van der Waals surface area contributed by atoms with Gasteiger partial charge in [0.05, 0.1) is 11.2 Å². The molecule has 0 unspecified atom stereocenters. The van der Waals surface area contributed by atoms with E-state index in [1.807, 2.05) is 32.9 Å². The summed E-state index contributed by atoms with van der Waals surface area (Å²) in [7, 11) is 0. The van der Waals surface area contributed by atoms with Crippen LogP contribution in [0.4, 0.5) is 11.4 Å². The first-order valence-electron chi connectivity index (χ1n) is 8.92. The van der Waals surface area contributed by atoms with Crippen molar-refractivity contribution in [2.24, 2.45) is 0 Å². The van der Waals surface area contributed by atoms with Gasteiger partial charge in [0.1, 0.15) is 11.4 Å². The molecule has 0 aromatic heterocycles. The van der Waals surface area contributed by atoms with E-state index in [9.17, 15) is 0 Å². The Kier molecular flexibility index (Phi) is 3.83. The first kappa shape index (κ1) is 17.7. The van der Waals surface area contributed by atoms with Crippen LogP contribution in [0.2, 0.25) is 0 Å². The van der Waals surface area contributed by atoms with Crippen molar-refractivity contribution in [3.8, 4) is 5.75 Å². The molecule has 134 valence electrons. The Labute approximate surface area is 151 Å². The number of anilines is 2. The lowest BCUT2D eigenvalue weighted by Crippen LogP contribution is -2.38. The molecule has 1 aliphatic rings. The average molecular weight is 338 g/mol. The van der Waals surface area contributed by atoms with Crippen LogP contribution >= 0.6 is 0 Å². The highest BCUT2D eigenvalue weighted by atomic mass is 16.5. The Balaban J connectivity index is 1.93. The molecule has 0 atom stereocenters. The summed E-state index contributed by atoms with van der Waals surface area (Å²) >= 11 is 0. The van der Waals surface area contributed by atoms with Crippen LogP contribution in [-0.4, -0.2) is 5.60 Å². The van der Waals surface area contributed by atoms with Gasteiger partial charge in [-0.25, -0.2) is 0 Å². The molecule has 0 bridgehead atoms. The summed E-state index contributed by atoms with van der Waals surface area (Å²) < 4.78 is 5.94. The number of rotatable bonds is 3. The van der Waals surface area contributed by atoms with E-state index in [-0.39, 0.29) is 16.6 Å². The second-order valence-electron chi connectivity index (χ2n) is 9.10. The normalized spacial score (nSPS) is 15.8. The first-order chi connectivity index (χ1) is 11.4. The van der Waals surface area contributed by atoms with E-state index in [1.54, 1.807) is 0 Å². The van der Waals surface area contributed by atoms with Gasteiger partial charge in [0.2, 0.25) is 0 Å². The number of nitrogens with one attached hydrogen (secondary N) is 1. The van der Waals surface area contributed by atoms with Gasteiger partial charge in [0.25, 0.3) is 0 Å². The smallest absolute Gasteiger partial charge is 0.142 e. The van der Waals surface area contributed by atoms with Crippen LogP contribution in [0, 0.1) is 0 Å². The Morgan fingerprint density at radius 2 is 1.52 bits per heavy atom. The van der Waals surface area contributed by atoms with Crippen molar-refractivity contribution >= 4 is 11.4 Å². The van der Waals surface area contributed by atoms with Crippen molar-refractivity contribution in [3.05, 3.63) is 53.1 Å². The van der Waals surface area contributed by atoms with E-state index in [1.165, 1.54) is 22.4 Å². The number of fused-ring (bicyclic) bond motifs is 1. The summed E-state index contributed by atoms with van der Waals surface area (Å²) in [6.07, 6.45) is 0. The van der Waals surface area contributed by atoms with Gasteiger partial charge in [-0.1, -0.05) is 32.0 Å². The summed E-state index contributed by atoms with van der Waals surface area (Å²) in [5, 5.41) is 3.53. The number of ether oxygens (including phenoxy) is 1. The standard InChI is InChI=1S/C22H30N2O/c1-20(2,3)25-19-11-9-14(12-17(19)23)21(4,5)15-8-10-16-18(13-15)24-22(16,6)7/h8-13,24H,23H2,1-7H3. The van der Waals surface area contributed by atoms with Crippen LogP contribution in [0.15, 0.2) is 36.4 Å². The van der Waals surface area contributed by atoms with Crippen LogP contribution in [0.5, 0.6) is 5.75 Å². The maximum Gasteiger partial charge on any atom is 0.142 e. The van der Waals surface area contributed by atoms with Crippen molar-refractivity contribution in [2.75, 3.05) is 11.1 Å². The van der Waals surface area contributed by atoms with Crippen LogP contribution < -0.4 is 15.8 Å². The lowest BCUT2D eigenvalue weighted by atomic mass is 9.75. The van der Waals surface area contributed by atoms with Gasteiger partial charge in [-0.2, -0.15) is 0 Å². The zero-order chi connectivity index (χ0) is 18.6. The van der Waals surface area contributed by atoms with E-state index >= 15 is 0 Å². The van der Waals surface area contributed by atoms with E-state index in [4.69, 9.17) is 10.5 Å². The van der Waals surface area contributed by atoms with Crippen molar-refractivity contribution in [3.63, 3.8) is 0 Å². The average Bonchev–Trinajstić information content (AvgIpc) is 2.46. The molecule has 0 spiro atoms. The largest absolute Gasteiger partial charge is 0.486 e. The number of nitrogens with two attached hydrogens (primary N) is 1. The molecular weight excluding hydrogens is 308 g/mol. The molecule has 0 fully saturated rings. The molecule has 2 aromatic rings. The van der Waals surface area contributed by atoms with Gasteiger partial charge < -0.3 is 15.8 Å². The topological polar surface area (TPSA) is 47.3 Å². The Bertz CT molecular complexity index is 813. The second-order valence-corrected chi connectivity index (χ2v) is 9.10. The maximum atomic E-state index is 6.27. The van der Waals surface area contributed by atoms with Crippen molar-refractivity contribution in [1.29, 1.82) is 0 Å². The minimum absolute atomic E-state index is 0.0778. The third-order valence-corrected chi connectivity index (χ3v) is 5.01. The van der Waals surface area contributed by atoms with E-state index < -0.39 is 0 Å². The van der Waals surface area contributed by atoms with Crippen LogP contribution in [0.25, 0.3) is 0 Å². The Morgan fingerprint density at radius 1 is 0.920 bits per heavy atom. The van der Waals surface area contributed by atoms with Gasteiger partial charge in [-0.3, -0.25) is 0 Å². The van der Waals surface area contributed by atoms with Crippen LogP contribution in [0.1, 0.15) is 65.2 Å². The van der Waals surface area contributed by atoms with Gasteiger partial charge >= 0.3 is 0 Å². The fourth-order valence-corrected chi connectivity index (χ4v) is 3.45. The van der Waals surface area contributed by atoms with Crippen molar-refractivity contribution in [1.82, 2.24) is 0 Å². The number of nitrogen functional groups attached to an aromatic ring is 1. The highest BCUT2D eigenvalue weighted by molar-refractivity contribution is 5.68. The highest BCUT2D eigenvalue weighted by Crippen LogP contribution is 2.44. The van der Waals surface area contributed by atoms with Crippen molar-refractivity contribution < 1.29 is 4.74 Å². The van der Waals surface area contributed by atoms with Gasteiger partial charge in [0.15, 0.2) is 0 Å². The van der Waals surface area contributed by atoms with E-state index in [0.29, 0.717) is 5.69 Å². The predicted octanol–water partition coefficient (Wildman–Crippen LogP) is 5.43. The van der Waals surface area contributed by atoms with Gasteiger partial charge in [-0.05, 0) is 69.5 Å². The molecule has 3 nitrogen and oxygen atoms in total. The van der Waals surface area contributed by atoms with Crippen molar-refractivity contribution in [2.45, 2.75) is 65.0 Å². The van der Waals surface area contributed by atoms with Gasteiger partial charge in [-0.15, -0.1) is 0 Å². The molecule has 0 saturated carbocycles. The van der Waals surface area contributed by atoms with E-state index in [2.05, 4.69) is 57.3 Å². The second kappa shape index (κ2) is 5.42. The molecule has 0 saturated heterocycles. The zero-order valence-corrected chi connectivity index (χ0v) is 16.4. The van der Waals surface area contributed by atoms with E-state index in [0.717, 1.165) is 5.75 Å². The minimum atomic E-state index is -0.259. The summed E-state index contributed by atoms with van der Waals surface area (Å²) in [6.45, 7) is 15.0. The molecule has 0 radical (unpaired) electrons. The lowest BCUT2D eigenvalue weighted by molar-refractivity contribution is 0.132. The third-order valence-electron chi connectivity index (χ3n) is 5.01. The molecule has 2 aromatic carbocycles. The molecular formula is C22H30N2O. The highest BCUT2D eigenvalue weighted by Gasteiger charge is 2.34. The number of benzene rings is 2. The summed E-state index contributed by atoms with van der Waals surface area (Å²) in [5.41, 5.74) is 11.7. The fraction of sp³-hybridized carbons (Fsp3) is 0.455. The zero-order valence-electron chi connectivity index (χ0n) is 16.4. The predicted molar refractivity (Wildman–Crippen MR) is 106 cm³/mol. The Hall–Kier alpha value is -2.16. The minimum Gasteiger partial charge on any atom is -0.486 e. The van der Waals surface area contributed by atoms with Crippen LogP contribution in [0.3, 0.4) is 0 Å². The number of hydrogen-bond donors (Lipinski definition) is 2. The third kappa shape index (κ3) is 3.20. The molecule has 3 rings (SSSR count). The lowest BCUT2D eigenvalue weighted by Gasteiger charge is -2.41. The summed E-state index contributed by atoms with van der Waals surface area (Å²) in [6, 6.07) is 12.9. The Morgan fingerprint density at radius 3 is 2.04 bits per heavy atom. The maximum absolute atomic E-state index is 6.27. The molecule has 3 N–H and O–H groups in total. The monoisotopic (exact) mass is 338 g/mol. The molecule has 1 aliphatic heterocycles. The molecule has 3 heteroatoms. The first-order valence-corrected chi connectivity index (χ1v) is 8.92. The SMILES string of the molecule is CC(C)(C)Oc1ccc(C(C)(C)c2ccc3c(c2)NC3(C)C)cc1N. The van der Waals surface area contributed by atoms with Crippen LogP contribution in [-0.2, 0) is 11.0 Å². The molecule has 0 aliphatic carbocycles. The quantitative estimate of drug-likeness (QED) is 0.733. The summed E-state index contributed by atoms with van der Waals surface area (Å²) in [4.78, 5) is 0. The molecule has 0 amide bonds. The fourth-order valence-electron chi connectivity index (χ4n) is 3.45. The number of hydrogen-bond acceptors (Lipinski definition) is 3. The van der Waals surface area contributed by atoms with Gasteiger partial charge in [0, 0.05) is 11.1 Å². The molecule has 1 heterocycles.